The van der Waals surface area contributed by atoms with Gasteiger partial charge in [-0.1, -0.05) is 37.1 Å². The molecule has 5 heteroatoms. The second kappa shape index (κ2) is 6.10. The van der Waals surface area contributed by atoms with E-state index in [0.29, 0.717) is 17.3 Å². The Morgan fingerprint density at radius 1 is 1.24 bits per heavy atom. The molecule has 1 aromatic heterocycles. The van der Waals surface area contributed by atoms with Crippen molar-refractivity contribution in [1.29, 1.82) is 0 Å². The normalized spacial score (nSPS) is 15.3. The van der Waals surface area contributed by atoms with Gasteiger partial charge < -0.3 is 10.7 Å². The number of rotatable bonds is 4. The summed E-state index contributed by atoms with van der Waals surface area (Å²) in [6.07, 6.45) is 6.58. The van der Waals surface area contributed by atoms with E-state index in [0.717, 1.165) is 17.3 Å². The highest BCUT2D eigenvalue weighted by Gasteiger charge is 2.17. The molecule has 1 aromatic carbocycles. The fraction of sp³-hybridized carbons (Fsp3) is 0.375. The summed E-state index contributed by atoms with van der Waals surface area (Å²) in [5.74, 6) is 6.61. The Morgan fingerprint density at radius 2 is 1.95 bits per heavy atom. The molecule has 0 unspecified atom stereocenters. The Hall–Kier alpha value is -2.14. The molecule has 5 nitrogen and oxygen atoms in total. The Morgan fingerprint density at radius 3 is 2.67 bits per heavy atom. The van der Waals surface area contributed by atoms with Gasteiger partial charge in [-0.25, -0.2) is 10.8 Å². The molecule has 3 rings (SSSR count). The third kappa shape index (κ3) is 2.83. The quantitative estimate of drug-likeness (QED) is 0.595. The number of nitrogens with two attached hydrogens (primary N) is 1. The molecule has 2 aromatic rings. The predicted octanol–water partition coefficient (Wildman–Crippen LogP) is 2.44. The molecule has 1 aliphatic rings. The van der Waals surface area contributed by atoms with Gasteiger partial charge in [-0.3, -0.25) is 4.79 Å². The molecule has 21 heavy (non-hydrogen) atoms. The average molecular weight is 284 g/mol. The van der Waals surface area contributed by atoms with Crippen molar-refractivity contribution >= 4 is 22.5 Å². The second-order valence-corrected chi connectivity index (χ2v) is 5.57. The second-order valence-electron chi connectivity index (χ2n) is 5.57. The molecule has 0 radical (unpaired) electrons. The molecule has 1 amide bonds. The third-order valence-corrected chi connectivity index (χ3v) is 4.20. The standard InChI is InChI=1S/C16H20N4O/c17-20-15-13-8-4-3-7-12(13)14(10-18-15)16(21)19-9-11-5-1-2-6-11/h3-4,7-8,10-11H,1-2,5-6,9,17H2,(H,18,20)(H,19,21). The minimum Gasteiger partial charge on any atom is -0.352 e. The lowest BCUT2D eigenvalue weighted by atomic mass is 10.1. The molecule has 1 saturated carbocycles. The minimum atomic E-state index is -0.0610. The number of nitrogens with zero attached hydrogens (tertiary/aromatic N) is 1. The molecule has 1 fully saturated rings. The highest BCUT2D eigenvalue weighted by atomic mass is 16.1. The van der Waals surface area contributed by atoms with Crippen LogP contribution in [-0.4, -0.2) is 17.4 Å². The molecule has 0 atom stereocenters. The summed E-state index contributed by atoms with van der Waals surface area (Å²) >= 11 is 0. The molecular formula is C16H20N4O. The number of fused-ring (bicyclic) bond motifs is 1. The summed E-state index contributed by atoms with van der Waals surface area (Å²) in [7, 11) is 0. The first-order valence-electron chi connectivity index (χ1n) is 7.42. The number of hydrazine groups is 1. The molecule has 0 bridgehead atoms. The zero-order valence-electron chi connectivity index (χ0n) is 11.9. The van der Waals surface area contributed by atoms with Gasteiger partial charge >= 0.3 is 0 Å². The maximum Gasteiger partial charge on any atom is 0.253 e. The van der Waals surface area contributed by atoms with Crippen LogP contribution in [0.25, 0.3) is 10.8 Å². The Kier molecular flexibility index (Phi) is 4.01. The number of pyridine rings is 1. The number of nitrogen functional groups attached to an aromatic ring is 1. The summed E-state index contributed by atoms with van der Waals surface area (Å²) in [4.78, 5) is 16.6. The molecule has 1 aliphatic carbocycles. The van der Waals surface area contributed by atoms with Crippen LogP contribution in [0.5, 0.6) is 0 Å². The van der Waals surface area contributed by atoms with E-state index in [2.05, 4.69) is 15.7 Å². The van der Waals surface area contributed by atoms with Crippen molar-refractivity contribution in [2.45, 2.75) is 25.7 Å². The monoisotopic (exact) mass is 284 g/mol. The highest BCUT2D eigenvalue weighted by molar-refractivity contribution is 6.09. The van der Waals surface area contributed by atoms with Gasteiger partial charge in [-0.05, 0) is 24.1 Å². The van der Waals surface area contributed by atoms with Crippen molar-refractivity contribution < 1.29 is 4.79 Å². The van der Waals surface area contributed by atoms with Gasteiger partial charge in [0.2, 0.25) is 0 Å². The van der Waals surface area contributed by atoms with Crippen LogP contribution in [-0.2, 0) is 0 Å². The number of carbonyl (C=O) groups excluding carboxylic acids is 1. The summed E-state index contributed by atoms with van der Waals surface area (Å²) in [6, 6.07) is 7.65. The van der Waals surface area contributed by atoms with Crippen molar-refractivity contribution in [3.05, 3.63) is 36.0 Å². The van der Waals surface area contributed by atoms with Gasteiger partial charge in [0.25, 0.3) is 5.91 Å². The van der Waals surface area contributed by atoms with Crippen LogP contribution in [0.4, 0.5) is 5.82 Å². The van der Waals surface area contributed by atoms with Crippen molar-refractivity contribution in [3.63, 3.8) is 0 Å². The van der Waals surface area contributed by atoms with Crippen LogP contribution >= 0.6 is 0 Å². The van der Waals surface area contributed by atoms with Gasteiger partial charge in [0, 0.05) is 18.1 Å². The van der Waals surface area contributed by atoms with Gasteiger partial charge in [0.15, 0.2) is 0 Å². The molecule has 0 saturated heterocycles. The summed E-state index contributed by atoms with van der Waals surface area (Å²) in [5, 5.41) is 4.76. The van der Waals surface area contributed by atoms with Crippen LogP contribution < -0.4 is 16.6 Å². The van der Waals surface area contributed by atoms with Crippen LogP contribution in [0, 0.1) is 5.92 Å². The zero-order valence-corrected chi connectivity index (χ0v) is 11.9. The largest absolute Gasteiger partial charge is 0.352 e. The molecule has 110 valence electrons. The van der Waals surface area contributed by atoms with Gasteiger partial charge in [-0.15, -0.1) is 0 Å². The van der Waals surface area contributed by atoms with E-state index in [1.54, 1.807) is 6.20 Å². The number of benzene rings is 1. The van der Waals surface area contributed by atoms with E-state index in [1.807, 2.05) is 24.3 Å². The Bertz CT molecular complexity index is 650. The van der Waals surface area contributed by atoms with E-state index in [4.69, 9.17) is 5.84 Å². The Balaban J connectivity index is 1.84. The van der Waals surface area contributed by atoms with Crippen molar-refractivity contribution in [3.8, 4) is 0 Å². The number of anilines is 1. The SMILES string of the molecule is NNc1ncc(C(=O)NCC2CCCC2)c2ccccc12. The number of nitrogens with one attached hydrogen (secondary N) is 2. The smallest absolute Gasteiger partial charge is 0.253 e. The van der Waals surface area contributed by atoms with E-state index in [1.165, 1.54) is 25.7 Å². The fourth-order valence-electron chi connectivity index (χ4n) is 3.04. The lowest BCUT2D eigenvalue weighted by Gasteiger charge is -2.13. The highest BCUT2D eigenvalue weighted by Crippen LogP contribution is 2.25. The van der Waals surface area contributed by atoms with Gasteiger partial charge in [0.05, 0.1) is 5.56 Å². The van der Waals surface area contributed by atoms with Crippen molar-refractivity contribution in [2.24, 2.45) is 11.8 Å². The van der Waals surface area contributed by atoms with E-state index in [9.17, 15) is 4.79 Å². The number of hydrogen-bond acceptors (Lipinski definition) is 4. The minimum absolute atomic E-state index is 0.0610. The maximum absolute atomic E-state index is 12.4. The molecule has 0 aliphatic heterocycles. The first kappa shape index (κ1) is 13.8. The van der Waals surface area contributed by atoms with Crippen LogP contribution in [0.1, 0.15) is 36.0 Å². The van der Waals surface area contributed by atoms with Crippen molar-refractivity contribution in [1.82, 2.24) is 10.3 Å². The van der Waals surface area contributed by atoms with Crippen LogP contribution in [0.3, 0.4) is 0 Å². The zero-order chi connectivity index (χ0) is 14.7. The average Bonchev–Trinajstić information content (AvgIpc) is 3.05. The number of aromatic nitrogens is 1. The van der Waals surface area contributed by atoms with Crippen molar-refractivity contribution in [2.75, 3.05) is 12.0 Å². The summed E-state index contributed by atoms with van der Waals surface area (Å²) < 4.78 is 0. The topological polar surface area (TPSA) is 80.0 Å². The van der Waals surface area contributed by atoms with E-state index >= 15 is 0 Å². The lowest BCUT2D eigenvalue weighted by Crippen LogP contribution is -2.28. The lowest BCUT2D eigenvalue weighted by molar-refractivity contribution is 0.0949. The number of carbonyl (C=O) groups is 1. The van der Waals surface area contributed by atoms with Gasteiger partial charge in [-0.2, -0.15) is 0 Å². The molecule has 1 heterocycles. The maximum atomic E-state index is 12.4. The molecule has 4 N–H and O–H groups in total. The summed E-state index contributed by atoms with van der Waals surface area (Å²) in [6.45, 7) is 0.754. The van der Waals surface area contributed by atoms with E-state index in [-0.39, 0.29) is 5.91 Å². The third-order valence-electron chi connectivity index (χ3n) is 4.20. The van der Waals surface area contributed by atoms with Gasteiger partial charge in [0.1, 0.15) is 5.82 Å². The van der Waals surface area contributed by atoms with Crippen LogP contribution in [0.15, 0.2) is 30.5 Å². The van der Waals surface area contributed by atoms with Crippen LogP contribution in [0.2, 0.25) is 0 Å². The predicted molar refractivity (Wildman–Crippen MR) is 83.8 cm³/mol. The molecule has 0 spiro atoms. The van der Waals surface area contributed by atoms with E-state index < -0.39 is 0 Å². The molecular weight excluding hydrogens is 264 g/mol. The Labute approximate surface area is 123 Å². The first-order valence-corrected chi connectivity index (χ1v) is 7.42. The fourth-order valence-corrected chi connectivity index (χ4v) is 3.04. The number of hydrogen-bond donors (Lipinski definition) is 3. The first-order chi connectivity index (χ1) is 10.3. The number of amides is 1. The summed E-state index contributed by atoms with van der Waals surface area (Å²) in [5.41, 5.74) is 3.17.